The summed E-state index contributed by atoms with van der Waals surface area (Å²) in [4.78, 5) is 26.7. The number of pyridine rings is 1. The first-order valence-electron chi connectivity index (χ1n) is 9.25. The molecule has 3 aromatic heterocycles. The number of piperidine rings is 1. The highest BCUT2D eigenvalue weighted by molar-refractivity contribution is 6.33. The molecule has 1 amide bonds. The third-order valence-electron chi connectivity index (χ3n) is 5.37. The van der Waals surface area contributed by atoms with Gasteiger partial charge in [-0.05, 0) is 31.4 Å². The van der Waals surface area contributed by atoms with Gasteiger partial charge in [-0.25, -0.2) is 18.3 Å². The number of carbonyl (C=O) groups is 1. The van der Waals surface area contributed by atoms with Gasteiger partial charge in [-0.15, -0.1) is 0 Å². The number of fused-ring (bicyclic) bond motifs is 1. The Morgan fingerprint density at radius 2 is 2.10 bits per heavy atom. The second kappa shape index (κ2) is 7.62. The summed E-state index contributed by atoms with van der Waals surface area (Å²) in [6.45, 7) is 4.75. The Morgan fingerprint density at radius 1 is 1.31 bits per heavy atom. The van der Waals surface area contributed by atoms with Crippen LogP contribution in [0.4, 0.5) is 8.78 Å². The molecule has 10 heteroatoms. The van der Waals surface area contributed by atoms with E-state index >= 15 is 0 Å². The van der Waals surface area contributed by atoms with Crippen LogP contribution in [-0.4, -0.2) is 48.5 Å². The first-order chi connectivity index (χ1) is 13.8. The number of halogens is 3. The zero-order valence-corrected chi connectivity index (χ0v) is 16.6. The molecular weight excluding hydrogens is 402 g/mol. The maximum absolute atomic E-state index is 13.3. The summed E-state index contributed by atoms with van der Waals surface area (Å²) in [6, 6.07) is 3.03. The van der Waals surface area contributed by atoms with E-state index in [2.05, 4.69) is 20.1 Å². The molecule has 1 saturated heterocycles. The molecule has 0 bridgehead atoms. The summed E-state index contributed by atoms with van der Waals surface area (Å²) in [6.07, 6.45) is 0.758. The van der Waals surface area contributed by atoms with Crippen LogP contribution < -0.4 is 0 Å². The van der Waals surface area contributed by atoms with Crippen LogP contribution >= 0.6 is 11.6 Å². The average molecular weight is 421 g/mol. The predicted molar refractivity (Wildman–Crippen MR) is 102 cm³/mol. The van der Waals surface area contributed by atoms with Crippen LogP contribution in [0.5, 0.6) is 0 Å². The molecule has 1 aliphatic heterocycles. The number of hydrogen-bond acceptors (Lipinski definition) is 5. The first-order valence-corrected chi connectivity index (χ1v) is 9.63. The third kappa shape index (κ3) is 3.66. The van der Waals surface area contributed by atoms with Crippen molar-refractivity contribution in [3.63, 3.8) is 0 Å². The SMILES string of the molecule is Cc1cc(C(=O)N2CC[C@@H](C)[C@H](c3cc(C(F)F)nc4ncnn34)C2)c(Cl)cn1. The molecule has 7 nitrogen and oxygen atoms in total. The lowest BCUT2D eigenvalue weighted by molar-refractivity contribution is 0.0665. The van der Waals surface area contributed by atoms with Gasteiger partial charge in [-0.3, -0.25) is 9.78 Å². The van der Waals surface area contributed by atoms with Gasteiger partial charge in [-0.2, -0.15) is 10.1 Å². The zero-order valence-electron chi connectivity index (χ0n) is 15.9. The Balaban J connectivity index is 1.70. The number of nitrogens with zero attached hydrogens (tertiary/aromatic N) is 6. The lowest BCUT2D eigenvalue weighted by Gasteiger charge is -2.37. The van der Waals surface area contributed by atoms with Gasteiger partial charge in [0.1, 0.15) is 12.0 Å². The van der Waals surface area contributed by atoms with Crippen molar-refractivity contribution in [2.75, 3.05) is 13.1 Å². The summed E-state index contributed by atoms with van der Waals surface area (Å²) in [7, 11) is 0. The average Bonchev–Trinajstić information content (AvgIpc) is 3.18. The normalized spacial score (nSPS) is 19.9. The van der Waals surface area contributed by atoms with Gasteiger partial charge in [0.15, 0.2) is 0 Å². The molecular formula is C19H19ClF2N6O. The van der Waals surface area contributed by atoms with E-state index in [9.17, 15) is 13.6 Å². The van der Waals surface area contributed by atoms with Crippen LogP contribution in [0.1, 0.15) is 53.1 Å². The molecule has 29 heavy (non-hydrogen) atoms. The van der Waals surface area contributed by atoms with Gasteiger partial charge in [0.25, 0.3) is 18.1 Å². The monoisotopic (exact) mass is 420 g/mol. The van der Waals surface area contributed by atoms with Gasteiger partial charge < -0.3 is 4.90 Å². The van der Waals surface area contributed by atoms with Gasteiger partial charge in [0, 0.05) is 30.9 Å². The molecule has 2 atom stereocenters. The first kappa shape index (κ1) is 19.6. The lowest BCUT2D eigenvalue weighted by Crippen LogP contribution is -2.42. The maximum atomic E-state index is 13.3. The van der Waals surface area contributed by atoms with E-state index in [1.807, 2.05) is 6.92 Å². The van der Waals surface area contributed by atoms with Crippen molar-refractivity contribution in [2.24, 2.45) is 5.92 Å². The number of carbonyl (C=O) groups excluding carboxylic acids is 1. The zero-order chi connectivity index (χ0) is 20.7. The van der Waals surface area contributed by atoms with Crippen molar-refractivity contribution in [1.29, 1.82) is 0 Å². The molecule has 0 unspecified atom stereocenters. The Hall–Kier alpha value is -2.68. The fourth-order valence-corrected chi connectivity index (χ4v) is 3.93. The number of rotatable bonds is 3. The van der Waals surface area contributed by atoms with E-state index in [1.54, 1.807) is 17.9 Å². The van der Waals surface area contributed by atoms with Crippen molar-refractivity contribution in [1.82, 2.24) is 29.5 Å². The fraction of sp³-hybridized carbons (Fsp3) is 0.421. The number of aryl methyl sites for hydroxylation is 1. The predicted octanol–water partition coefficient (Wildman–Crippen LogP) is 3.68. The molecule has 4 rings (SSSR count). The van der Waals surface area contributed by atoms with Gasteiger partial charge >= 0.3 is 0 Å². The summed E-state index contributed by atoms with van der Waals surface area (Å²) in [5.74, 6) is -0.107. The molecule has 1 fully saturated rings. The molecule has 0 aromatic carbocycles. The Bertz CT molecular complexity index is 1070. The summed E-state index contributed by atoms with van der Waals surface area (Å²) in [5.41, 5.74) is 1.31. The Labute approximate surface area is 170 Å². The number of aromatic nitrogens is 5. The van der Waals surface area contributed by atoms with E-state index in [0.29, 0.717) is 35.1 Å². The molecule has 3 aromatic rings. The minimum absolute atomic E-state index is 0.126. The van der Waals surface area contributed by atoms with Crippen LogP contribution in [-0.2, 0) is 0 Å². The summed E-state index contributed by atoms with van der Waals surface area (Å²) >= 11 is 6.19. The quantitative estimate of drug-likeness (QED) is 0.646. The Morgan fingerprint density at radius 3 is 2.86 bits per heavy atom. The van der Waals surface area contributed by atoms with Crippen molar-refractivity contribution in [2.45, 2.75) is 32.6 Å². The van der Waals surface area contributed by atoms with Gasteiger partial charge in [0.05, 0.1) is 16.3 Å². The largest absolute Gasteiger partial charge is 0.338 e. The molecule has 0 saturated carbocycles. The van der Waals surface area contributed by atoms with E-state index in [4.69, 9.17) is 11.6 Å². The number of hydrogen-bond donors (Lipinski definition) is 0. The topological polar surface area (TPSA) is 76.3 Å². The standard InChI is InChI=1S/C19H19ClF2N6O/c1-10-3-4-27(18(29)12-5-11(2)23-7-14(12)20)8-13(10)16-6-15(17(21)22)26-19-24-9-25-28(16)19/h5-7,9-10,13,17H,3-4,8H2,1-2H3/t10-,13-/m1/s1. The van der Waals surface area contributed by atoms with Crippen LogP contribution in [0.15, 0.2) is 24.7 Å². The third-order valence-corrected chi connectivity index (χ3v) is 5.67. The fourth-order valence-electron chi connectivity index (χ4n) is 3.75. The smallest absolute Gasteiger partial charge is 0.280 e. The number of likely N-dealkylation sites (tertiary alicyclic amines) is 1. The van der Waals surface area contributed by atoms with Crippen LogP contribution in [0.3, 0.4) is 0 Å². The van der Waals surface area contributed by atoms with Crippen LogP contribution in [0.25, 0.3) is 5.78 Å². The summed E-state index contributed by atoms with van der Waals surface area (Å²) in [5, 5.41) is 4.44. The maximum Gasteiger partial charge on any atom is 0.280 e. The molecule has 0 aliphatic carbocycles. The molecule has 4 heterocycles. The second-order valence-corrected chi connectivity index (χ2v) is 7.71. The van der Waals surface area contributed by atoms with Crippen molar-refractivity contribution >= 4 is 23.3 Å². The van der Waals surface area contributed by atoms with E-state index < -0.39 is 6.43 Å². The number of amides is 1. The molecule has 0 radical (unpaired) electrons. The Kier molecular flexibility index (Phi) is 5.16. The van der Waals surface area contributed by atoms with Crippen molar-refractivity contribution < 1.29 is 13.6 Å². The minimum atomic E-state index is -2.72. The second-order valence-electron chi connectivity index (χ2n) is 7.31. The molecule has 0 spiro atoms. The minimum Gasteiger partial charge on any atom is -0.338 e. The van der Waals surface area contributed by atoms with E-state index in [1.165, 1.54) is 23.1 Å². The van der Waals surface area contributed by atoms with Crippen molar-refractivity contribution in [3.8, 4) is 0 Å². The molecule has 1 aliphatic rings. The highest BCUT2D eigenvalue weighted by Gasteiger charge is 2.33. The van der Waals surface area contributed by atoms with E-state index in [0.717, 1.165) is 6.42 Å². The number of alkyl halides is 2. The van der Waals surface area contributed by atoms with Gasteiger partial charge in [0.2, 0.25) is 0 Å². The van der Waals surface area contributed by atoms with E-state index in [-0.39, 0.29) is 29.2 Å². The van der Waals surface area contributed by atoms with Crippen LogP contribution in [0.2, 0.25) is 5.02 Å². The molecule has 0 N–H and O–H groups in total. The molecule has 152 valence electrons. The van der Waals surface area contributed by atoms with Crippen molar-refractivity contribution in [3.05, 3.63) is 52.3 Å². The highest BCUT2D eigenvalue weighted by atomic mass is 35.5. The van der Waals surface area contributed by atoms with Crippen LogP contribution in [0, 0.1) is 12.8 Å². The lowest BCUT2D eigenvalue weighted by atomic mass is 9.84. The summed E-state index contributed by atoms with van der Waals surface area (Å²) < 4.78 is 28.2. The van der Waals surface area contributed by atoms with Gasteiger partial charge in [-0.1, -0.05) is 18.5 Å². The highest BCUT2D eigenvalue weighted by Crippen LogP contribution is 2.34.